The Balaban J connectivity index is 1.71. The van der Waals surface area contributed by atoms with Gasteiger partial charge in [-0.2, -0.15) is 0 Å². The minimum Gasteiger partial charge on any atom is -0.467 e. The molecule has 11 N–H and O–H groups in total. The molecule has 2 fully saturated rings. The molecule has 3 aliphatic rings. The van der Waals surface area contributed by atoms with Crippen molar-refractivity contribution in [2.24, 2.45) is 17.2 Å². The van der Waals surface area contributed by atoms with Crippen molar-refractivity contribution in [1.82, 2.24) is 10.6 Å². The molecule has 0 amide bonds. The van der Waals surface area contributed by atoms with Gasteiger partial charge in [-0.3, -0.25) is 0 Å². The molecule has 0 radical (unpaired) electrons. The highest BCUT2D eigenvalue weighted by molar-refractivity contribution is 5.04. The number of hydrogen-bond donors (Lipinski definition) is 8. The summed E-state index contributed by atoms with van der Waals surface area (Å²) in [6, 6.07) is -2.02. The highest BCUT2D eigenvalue weighted by Gasteiger charge is 2.50. The number of hydrogen-bond acceptors (Lipinski definition) is 12. The van der Waals surface area contributed by atoms with Crippen LogP contribution in [0.4, 0.5) is 0 Å². The Hall–Kier alpha value is -0.900. The van der Waals surface area contributed by atoms with Crippen LogP contribution in [0.3, 0.4) is 0 Å². The van der Waals surface area contributed by atoms with Crippen molar-refractivity contribution in [2.75, 3.05) is 27.2 Å². The molecule has 0 bridgehead atoms. The molecule has 1 aliphatic carbocycles. The molecule has 3 rings (SSSR count). The maximum Gasteiger partial charge on any atom is 0.215 e. The quantitative estimate of drug-likeness (QED) is 0.186. The van der Waals surface area contributed by atoms with Crippen LogP contribution in [0.15, 0.2) is 11.8 Å². The van der Waals surface area contributed by atoms with Crippen LogP contribution in [0.25, 0.3) is 0 Å². The first-order valence-corrected chi connectivity index (χ1v) is 11.1. The third-order valence-electron chi connectivity index (χ3n) is 6.55. The van der Waals surface area contributed by atoms with E-state index >= 15 is 0 Å². The summed E-state index contributed by atoms with van der Waals surface area (Å²) in [4.78, 5) is 0. The first kappa shape index (κ1) is 25.7. The Morgan fingerprint density at radius 3 is 2.28 bits per heavy atom. The van der Waals surface area contributed by atoms with Crippen LogP contribution < -0.4 is 27.8 Å². The minimum atomic E-state index is -1.29. The van der Waals surface area contributed by atoms with Crippen molar-refractivity contribution < 1.29 is 34.3 Å². The van der Waals surface area contributed by atoms with Gasteiger partial charge in [-0.1, -0.05) is 0 Å². The second-order valence-corrected chi connectivity index (χ2v) is 9.04. The molecule has 12 nitrogen and oxygen atoms in total. The Morgan fingerprint density at radius 2 is 1.72 bits per heavy atom. The largest absolute Gasteiger partial charge is 0.467 e. The summed E-state index contributed by atoms with van der Waals surface area (Å²) in [5, 5.41) is 38.2. The predicted octanol–water partition coefficient (Wildman–Crippen LogP) is -3.59. The fourth-order valence-corrected chi connectivity index (χ4v) is 4.67. The monoisotopic (exact) mass is 461 g/mol. The molecule has 0 aromatic heterocycles. The van der Waals surface area contributed by atoms with E-state index in [4.69, 9.17) is 36.1 Å². The standard InChI is InChI=1S/C20H39N5O7/c1-20(28)8-29-19(14(27)17(20)25-3)32-16-11(23)6-10(22)15(13(16)26)31-18-12(24-2)5-4-9(7-21)30-18/h4,10-19,24-28H,5-8,21-23H2,1-3H3. The van der Waals surface area contributed by atoms with Gasteiger partial charge < -0.3 is 62.1 Å². The van der Waals surface area contributed by atoms with Gasteiger partial charge in [0, 0.05) is 12.1 Å². The fraction of sp³-hybridized carbons (Fsp3) is 0.900. The van der Waals surface area contributed by atoms with Crippen molar-refractivity contribution in [2.45, 2.75) is 86.5 Å². The van der Waals surface area contributed by atoms with E-state index in [1.165, 1.54) is 0 Å². The molecule has 0 aromatic carbocycles. The zero-order valence-electron chi connectivity index (χ0n) is 18.9. The number of aliphatic hydroxyl groups excluding tert-OH is 2. The van der Waals surface area contributed by atoms with Crippen LogP contribution in [-0.4, -0.2) is 109 Å². The van der Waals surface area contributed by atoms with E-state index in [0.717, 1.165) is 0 Å². The van der Waals surface area contributed by atoms with E-state index in [-0.39, 0.29) is 19.2 Å². The van der Waals surface area contributed by atoms with Crippen LogP contribution >= 0.6 is 0 Å². The van der Waals surface area contributed by atoms with E-state index in [2.05, 4.69) is 10.6 Å². The Morgan fingerprint density at radius 1 is 1.09 bits per heavy atom. The van der Waals surface area contributed by atoms with Gasteiger partial charge in [0.15, 0.2) is 6.29 Å². The lowest BCUT2D eigenvalue weighted by molar-refractivity contribution is -0.303. The number of ether oxygens (including phenoxy) is 4. The molecule has 2 aliphatic heterocycles. The molecule has 11 unspecified atom stereocenters. The zero-order chi connectivity index (χ0) is 23.6. The first-order valence-electron chi connectivity index (χ1n) is 11.1. The predicted molar refractivity (Wildman–Crippen MR) is 115 cm³/mol. The van der Waals surface area contributed by atoms with Crippen molar-refractivity contribution >= 4 is 0 Å². The second-order valence-electron chi connectivity index (χ2n) is 9.04. The number of likely N-dealkylation sites (N-methyl/N-ethyl adjacent to an activating group) is 2. The van der Waals surface area contributed by atoms with Crippen molar-refractivity contribution in [3.63, 3.8) is 0 Å². The minimum absolute atomic E-state index is 0.0638. The Kier molecular flexibility index (Phi) is 8.50. The van der Waals surface area contributed by atoms with E-state index in [9.17, 15) is 15.3 Å². The van der Waals surface area contributed by atoms with E-state index < -0.39 is 60.7 Å². The van der Waals surface area contributed by atoms with Gasteiger partial charge >= 0.3 is 0 Å². The van der Waals surface area contributed by atoms with Crippen LogP contribution in [0.5, 0.6) is 0 Å². The average molecular weight is 462 g/mol. The molecule has 0 spiro atoms. The SMILES string of the molecule is CNC1CC=C(CN)OC1OC1C(N)CC(N)C(OC2OCC(C)(O)C(NC)C2O)C1O. The lowest BCUT2D eigenvalue weighted by Crippen LogP contribution is -2.68. The van der Waals surface area contributed by atoms with Gasteiger partial charge in [0.05, 0.1) is 25.2 Å². The summed E-state index contributed by atoms with van der Waals surface area (Å²) in [6.45, 7) is 1.73. The lowest BCUT2D eigenvalue weighted by atomic mass is 9.84. The highest BCUT2D eigenvalue weighted by atomic mass is 16.7. The third-order valence-corrected chi connectivity index (χ3v) is 6.55. The Labute approximate surface area is 188 Å². The first-order chi connectivity index (χ1) is 15.1. The summed E-state index contributed by atoms with van der Waals surface area (Å²) in [6.07, 6.45) is -3.07. The molecule has 32 heavy (non-hydrogen) atoms. The fourth-order valence-electron chi connectivity index (χ4n) is 4.67. The smallest absolute Gasteiger partial charge is 0.215 e. The molecule has 0 aromatic rings. The van der Waals surface area contributed by atoms with Crippen molar-refractivity contribution in [3.8, 4) is 0 Å². The lowest BCUT2D eigenvalue weighted by Gasteiger charge is -2.48. The summed E-state index contributed by atoms with van der Waals surface area (Å²) >= 11 is 0. The maximum atomic E-state index is 11.1. The van der Waals surface area contributed by atoms with Gasteiger partial charge in [0.25, 0.3) is 0 Å². The average Bonchev–Trinajstić information content (AvgIpc) is 2.75. The van der Waals surface area contributed by atoms with Crippen LogP contribution in [0.2, 0.25) is 0 Å². The molecule has 1 saturated heterocycles. The highest BCUT2D eigenvalue weighted by Crippen LogP contribution is 2.31. The normalized spacial score (nSPS) is 47.6. The van der Waals surface area contributed by atoms with Gasteiger partial charge in [0.1, 0.15) is 35.8 Å². The third kappa shape index (κ3) is 5.26. The van der Waals surface area contributed by atoms with Gasteiger partial charge in [-0.05, 0) is 39.9 Å². The topological polar surface area (TPSA) is 200 Å². The second kappa shape index (κ2) is 10.6. The maximum absolute atomic E-state index is 11.1. The van der Waals surface area contributed by atoms with Crippen LogP contribution in [0.1, 0.15) is 19.8 Å². The van der Waals surface area contributed by atoms with Crippen LogP contribution in [0, 0.1) is 0 Å². The summed E-state index contributed by atoms with van der Waals surface area (Å²) in [7, 11) is 3.42. The van der Waals surface area contributed by atoms with E-state index in [1.807, 2.05) is 6.08 Å². The number of rotatable bonds is 7. The molecular formula is C20H39N5O7. The van der Waals surface area contributed by atoms with Crippen LogP contribution in [-0.2, 0) is 18.9 Å². The van der Waals surface area contributed by atoms with E-state index in [0.29, 0.717) is 18.6 Å². The summed E-state index contributed by atoms with van der Waals surface area (Å²) in [5.41, 5.74) is 16.9. The van der Waals surface area contributed by atoms with Crippen molar-refractivity contribution in [1.29, 1.82) is 0 Å². The van der Waals surface area contributed by atoms with Gasteiger partial charge in [-0.15, -0.1) is 0 Å². The molecule has 186 valence electrons. The van der Waals surface area contributed by atoms with Gasteiger partial charge in [-0.25, -0.2) is 0 Å². The van der Waals surface area contributed by atoms with E-state index in [1.54, 1.807) is 21.0 Å². The molecule has 1 saturated carbocycles. The molecular weight excluding hydrogens is 422 g/mol. The number of nitrogens with one attached hydrogen (secondary N) is 2. The number of nitrogens with two attached hydrogens (primary N) is 3. The number of aliphatic hydroxyl groups is 3. The molecule has 12 heteroatoms. The summed E-state index contributed by atoms with van der Waals surface area (Å²) in [5.74, 6) is 0.605. The van der Waals surface area contributed by atoms with Gasteiger partial charge in [0.2, 0.25) is 6.29 Å². The molecule has 11 atom stereocenters. The van der Waals surface area contributed by atoms with Crippen molar-refractivity contribution in [3.05, 3.63) is 11.8 Å². The Bertz CT molecular complexity index is 654. The summed E-state index contributed by atoms with van der Waals surface area (Å²) < 4.78 is 23.4. The molecule has 2 heterocycles. The zero-order valence-corrected chi connectivity index (χ0v) is 18.9.